The van der Waals surface area contributed by atoms with Gasteiger partial charge in [-0.05, 0) is 25.3 Å². The lowest BCUT2D eigenvalue weighted by atomic mass is 10.1. The van der Waals surface area contributed by atoms with Crippen molar-refractivity contribution in [1.29, 1.82) is 0 Å². The molecule has 0 aliphatic carbocycles. The molecule has 3 aromatic rings. The van der Waals surface area contributed by atoms with E-state index in [0.29, 0.717) is 11.6 Å². The Morgan fingerprint density at radius 3 is 2.77 bits per heavy atom. The molecule has 0 aromatic carbocycles. The maximum atomic E-state index is 13.1. The van der Waals surface area contributed by atoms with E-state index in [-0.39, 0.29) is 17.8 Å². The minimum Gasteiger partial charge on any atom is -0.341 e. The number of rotatable bonds is 5. The first-order valence-electron chi connectivity index (χ1n) is 9.46. The molecule has 0 spiro atoms. The fourth-order valence-corrected chi connectivity index (χ4v) is 3.35. The number of piperidine rings is 1. The molecule has 4 rings (SSSR count). The zero-order chi connectivity index (χ0) is 21.1. The topological polar surface area (TPSA) is 89.1 Å². The highest BCUT2D eigenvalue weighted by Gasteiger charge is 2.33. The predicted molar refractivity (Wildman–Crippen MR) is 101 cm³/mol. The second-order valence-electron chi connectivity index (χ2n) is 7.01. The van der Waals surface area contributed by atoms with Gasteiger partial charge in [-0.2, -0.15) is 18.3 Å². The average Bonchev–Trinajstić information content (AvgIpc) is 3.38. The number of hydrogen-bond donors (Lipinski definition) is 1. The number of halogens is 3. The summed E-state index contributed by atoms with van der Waals surface area (Å²) in [6.07, 6.45) is 3.86. The van der Waals surface area contributed by atoms with Crippen molar-refractivity contribution in [1.82, 2.24) is 19.9 Å². The molecule has 1 fully saturated rings. The van der Waals surface area contributed by atoms with E-state index in [4.69, 9.17) is 4.52 Å². The summed E-state index contributed by atoms with van der Waals surface area (Å²) in [5, 5.41) is 10.5. The van der Waals surface area contributed by atoms with E-state index in [1.54, 1.807) is 6.07 Å². The van der Waals surface area contributed by atoms with Gasteiger partial charge in [0, 0.05) is 43.3 Å². The van der Waals surface area contributed by atoms with Crippen molar-refractivity contribution in [3.63, 3.8) is 0 Å². The lowest BCUT2D eigenvalue weighted by Gasteiger charge is -2.25. The normalized spacial score (nSPS) is 14.7. The molecule has 8 nitrogen and oxygen atoms in total. The van der Waals surface area contributed by atoms with E-state index in [1.807, 2.05) is 4.90 Å². The smallest absolute Gasteiger partial charge is 0.341 e. The molecule has 3 aromatic heterocycles. The van der Waals surface area contributed by atoms with Gasteiger partial charge in [0.1, 0.15) is 0 Å². The fourth-order valence-electron chi connectivity index (χ4n) is 3.35. The number of anilines is 2. The molecular formula is C19H19F3N6O2. The molecule has 4 heterocycles. The molecule has 0 bridgehead atoms. The third-order valence-corrected chi connectivity index (χ3v) is 4.83. The summed E-state index contributed by atoms with van der Waals surface area (Å²) in [5.41, 5.74) is -0.338. The number of carbonyl (C=O) groups is 1. The molecule has 0 atom stereocenters. The Balaban J connectivity index is 1.42. The second-order valence-corrected chi connectivity index (χ2v) is 7.01. The lowest BCUT2D eigenvalue weighted by molar-refractivity contribution is -0.138. The van der Waals surface area contributed by atoms with Crippen LogP contribution in [0.4, 0.5) is 24.7 Å². The van der Waals surface area contributed by atoms with E-state index >= 15 is 0 Å². The van der Waals surface area contributed by atoms with Crippen LogP contribution in [-0.2, 0) is 12.7 Å². The van der Waals surface area contributed by atoms with Crippen LogP contribution in [0.2, 0.25) is 0 Å². The molecule has 1 N–H and O–H groups in total. The van der Waals surface area contributed by atoms with E-state index in [9.17, 15) is 18.0 Å². The van der Waals surface area contributed by atoms with Gasteiger partial charge in [0.05, 0.1) is 24.0 Å². The van der Waals surface area contributed by atoms with Gasteiger partial charge in [0.2, 0.25) is 5.88 Å². The summed E-state index contributed by atoms with van der Waals surface area (Å²) in [5.74, 6) is 0.0609. The summed E-state index contributed by atoms with van der Waals surface area (Å²) in [7, 11) is 0. The quantitative estimate of drug-likeness (QED) is 0.679. The van der Waals surface area contributed by atoms with E-state index in [1.165, 1.54) is 23.5 Å². The number of hydrogen-bond acceptors (Lipinski definition) is 6. The second kappa shape index (κ2) is 8.17. The zero-order valence-corrected chi connectivity index (χ0v) is 15.9. The van der Waals surface area contributed by atoms with E-state index in [0.717, 1.165) is 44.4 Å². The molecule has 11 heteroatoms. The first-order valence-corrected chi connectivity index (χ1v) is 9.46. The number of nitrogens with one attached hydrogen (secondary N) is 1. The summed E-state index contributed by atoms with van der Waals surface area (Å²) in [6, 6.07) is 2.50. The lowest BCUT2D eigenvalue weighted by Crippen LogP contribution is -2.28. The summed E-state index contributed by atoms with van der Waals surface area (Å²) >= 11 is 0. The van der Waals surface area contributed by atoms with Crippen LogP contribution in [-0.4, -0.2) is 38.9 Å². The van der Waals surface area contributed by atoms with Crippen molar-refractivity contribution in [2.75, 3.05) is 23.3 Å². The van der Waals surface area contributed by atoms with Crippen molar-refractivity contribution in [2.24, 2.45) is 0 Å². The number of nitrogens with zero attached hydrogens (tertiary/aromatic N) is 5. The van der Waals surface area contributed by atoms with Gasteiger partial charge in [-0.1, -0.05) is 5.16 Å². The predicted octanol–water partition coefficient (Wildman–Crippen LogP) is 3.58. The zero-order valence-electron chi connectivity index (χ0n) is 15.9. The monoisotopic (exact) mass is 420 g/mol. The molecule has 158 valence electrons. The summed E-state index contributed by atoms with van der Waals surface area (Å²) < 4.78 is 45.9. The number of aromatic nitrogens is 4. The molecule has 0 unspecified atom stereocenters. The Hall–Kier alpha value is -3.37. The number of carbonyl (C=O) groups excluding carboxylic acids is 1. The Kier molecular flexibility index (Phi) is 5.42. The molecular weight excluding hydrogens is 401 g/mol. The van der Waals surface area contributed by atoms with Crippen LogP contribution in [0.3, 0.4) is 0 Å². The minimum absolute atomic E-state index is 0.0198. The number of amides is 1. The van der Waals surface area contributed by atoms with Crippen molar-refractivity contribution < 1.29 is 22.5 Å². The van der Waals surface area contributed by atoms with Crippen LogP contribution < -0.4 is 10.2 Å². The molecule has 30 heavy (non-hydrogen) atoms. The first-order chi connectivity index (χ1) is 14.4. The third-order valence-electron chi connectivity index (χ3n) is 4.83. The van der Waals surface area contributed by atoms with Crippen LogP contribution in [0.5, 0.6) is 0 Å². The molecule has 1 aliphatic heterocycles. The van der Waals surface area contributed by atoms with E-state index in [2.05, 4.69) is 20.6 Å². The molecule has 0 saturated carbocycles. The van der Waals surface area contributed by atoms with Crippen LogP contribution in [0, 0.1) is 0 Å². The highest BCUT2D eigenvalue weighted by atomic mass is 19.4. The molecule has 0 radical (unpaired) electrons. The van der Waals surface area contributed by atoms with Crippen LogP contribution >= 0.6 is 0 Å². The maximum absolute atomic E-state index is 13.1. The maximum Gasteiger partial charge on any atom is 0.416 e. The molecule has 1 saturated heterocycles. The van der Waals surface area contributed by atoms with Crippen LogP contribution in [0.15, 0.2) is 41.4 Å². The van der Waals surface area contributed by atoms with Gasteiger partial charge in [-0.25, -0.2) is 0 Å². The Bertz CT molecular complexity index is 1020. The van der Waals surface area contributed by atoms with Crippen molar-refractivity contribution in [2.45, 2.75) is 32.0 Å². The average molecular weight is 420 g/mol. The van der Waals surface area contributed by atoms with Crippen molar-refractivity contribution in [3.8, 4) is 0 Å². The van der Waals surface area contributed by atoms with Crippen LogP contribution in [0.1, 0.15) is 40.9 Å². The highest BCUT2D eigenvalue weighted by Crippen LogP contribution is 2.31. The highest BCUT2D eigenvalue weighted by molar-refractivity contribution is 6.03. The third kappa shape index (κ3) is 4.44. The summed E-state index contributed by atoms with van der Waals surface area (Å²) in [6.45, 7) is 1.58. The van der Waals surface area contributed by atoms with Crippen molar-refractivity contribution in [3.05, 3.63) is 53.7 Å². The Morgan fingerprint density at radius 2 is 2.00 bits per heavy atom. The number of pyridine rings is 1. The first kappa shape index (κ1) is 19.9. The largest absolute Gasteiger partial charge is 0.416 e. The van der Waals surface area contributed by atoms with Gasteiger partial charge in [0.25, 0.3) is 5.91 Å². The standard InChI is InChI=1S/C19H19F3N6O2/c20-19(21,22)15-4-5-23-9-13(15)11-28-12-14(10-24-28)25-18(29)16-8-17(30-26-16)27-6-2-1-3-7-27/h4-5,8-10,12H,1-3,6-7,11H2,(H,25,29). The van der Waals surface area contributed by atoms with Crippen LogP contribution in [0.25, 0.3) is 0 Å². The summed E-state index contributed by atoms with van der Waals surface area (Å²) in [4.78, 5) is 18.2. The van der Waals surface area contributed by atoms with Gasteiger partial charge >= 0.3 is 6.18 Å². The van der Waals surface area contributed by atoms with Gasteiger partial charge in [0.15, 0.2) is 5.69 Å². The van der Waals surface area contributed by atoms with Crippen molar-refractivity contribution >= 4 is 17.5 Å². The minimum atomic E-state index is -4.48. The van der Waals surface area contributed by atoms with E-state index < -0.39 is 17.6 Å². The molecule has 1 aliphatic rings. The number of alkyl halides is 3. The van der Waals surface area contributed by atoms with Gasteiger partial charge < -0.3 is 14.7 Å². The van der Waals surface area contributed by atoms with Gasteiger partial charge in [-0.3, -0.25) is 14.5 Å². The fraction of sp³-hybridized carbons (Fsp3) is 0.368. The Morgan fingerprint density at radius 1 is 1.20 bits per heavy atom. The molecule has 1 amide bonds. The Labute approximate surface area is 169 Å². The SMILES string of the molecule is O=C(Nc1cnn(Cc2cnccc2C(F)(F)F)c1)c1cc(N2CCCCC2)on1. The van der Waals surface area contributed by atoms with Gasteiger partial charge in [-0.15, -0.1) is 0 Å².